The minimum absolute atomic E-state index is 1.000. The summed E-state index contributed by atoms with van der Waals surface area (Å²) < 4.78 is 3.75. The second-order valence-electron chi connectivity index (χ2n) is 11.5. The van der Waals surface area contributed by atoms with Crippen molar-refractivity contribution >= 4 is 87.4 Å². The fourth-order valence-corrected chi connectivity index (χ4v) is 8.69. The first-order valence-electron chi connectivity index (χ1n) is 14.6. The van der Waals surface area contributed by atoms with Crippen LogP contribution in [0.1, 0.15) is 16.9 Å². The predicted molar refractivity (Wildman–Crippen MR) is 181 cm³/mol. The second kappa shape index (κ2) is 8.28. The quantitative estimate of drug-likeness (QED) is 0.195. The molecule has 0 unspecified atom stereocenters. The van der Waals surface area contributed by atoms with Gasteiger partial charge in [-0.3, -0.25) is 4.57 Å². The summed E-state index contributed by atoms with van der Waals surface area (Å²) in [5.41, 5.74) is 7.68. The monoisotopic (exact) mass is 552 g/mol. The van der Waals surface area contributed by atoms with Gasteiger partial charge in [-0.1, -0.05) is 84.9 Å². The molecule has 9 aromatic rings. The Morgan fingerprint density at radius 2 is 1.40 bits per heavy atom. The van der Waals surface area contributed by atoms with E-state index < -0.39 is 0 Å². The van der Waals surface area contributed by atoms with E-state index in [0.717, 1.165) is 18.5 Å². The van der Waals surface area contributed by atoms with Crippen molar-refractivity contribution in [3.05, 3.63) is 126 Å². The molecule has 0 radical (unpaired) electrons. The molecule has 0 aliphatic heterocycles. The van der Waals surface area contributed by atoms with E-state index in [2.05, 4.69) is 114 Å². The lowest BCUT2D eigenvalue weighted by Crippen LogP contribution is -2.03. The zero-order chi connectivity index (χ0) is 27.4. The van der Waals surface area contributed by atoms with E-state index in [9.17, 15) is 0 Å². The van der Waals surface area contributed by atoms with E-state index in [1.54, 1.807) is 0 Å². The summed E-state index contributed by atoms with van der Waals surface area (Å²) in [5, 5.41) is 11.9. The molecule has 0 saturated heterocycles. The van der Waals surface area contributed by atoms with Gasteiger partial charge in [0.2, 0.25) is 0 Å². The van der Waals surface area contributed by atoms with Crippen LogP contribution < -0.4 is 0 Å². The Bertz CT molecular complexity index is 2510. The summed E-state index contributed by atoms with van der Waals surface area (Å²) in [5.74, 6) is 0. The van der Waals surface area contributed by atoms with E-state index in [0.29, 0.717) is 0 Å². The summed E-state index contributed by atoms with van der Waals surface area (Å²) in [6, 6.07) is 40.4. The first-order valence-corrected chi connectivity index (χ1v) is 15.4. The maximum Gasteiger partial charge on any atom is 0.145 e. The number of pyridine rings is 1. The van der Waals surface area contributed by atoms with Gasteiger partial charge < -0.3 is 0 Å². The molecule has 0 amide bonds. The summed E-state index contributed by atoms with van der Waals surface area (Å²) in [6.45, 7) is 0. The molecular weight excluding hydrogens is 529 g/mol. The van der Waals surface area contributed by atoms with Crippen LogP contribution in [0.4, 0.5) is 0 Å². The number of para-hydroxylation sites is 1. The lowest BCUT2D eigenvalue weighted by atomic mass is 9.89. The minimum atomic E-state index is 1.000. The van der Waals surface area contributed by atoms with Crippen molar-refractivity contribution in [1.82, 2.24) is 9.55 Å². The van der Waals surface area contributed by atoms with Crippen molar-refractivity contribution in [3.63, 3.8) is 0 Å². The Morgan fingerprint density at radius 3 is 2.33 bits per heavy atom. The molecule has 0 bridgehead atoms. The van der Waals surface area contributed by atoms with Crippen LogP contribution in [0.5, 0.6) is 0 Å². The normalized spacial score (nSPS) is 13.7. The number of aryl methyl sites for hydroxylation is 1. The van der Waals surface area contributed by atoms with Gasteiger partial charge >= 0.3 is 0 Å². The third-order valence-corrected chi connectivity index (χ3v) is 10.5. The van der Waals surface area contributed by atoms with Gasteiger partial charge in [0.25, 0.3) is 0 Å². The van der Waals surface area contributed by atoms with E-state index >= 15 is 0 Å². The van der Waals surface area contributed by atoms with Crippen molar-refractivity contribution in [1.29, 1.82) is 0 Å². The van der Waals surface area contributed by atoms with E-state index in [1.165, 1.54) is 86.0 Å². The summed E-state index contributed by atoms with van der Waals surface area (Å²) in [7, 11) is 0. The molecule has 0 spiro atoms. The molecule has 1 aliphatic carbocycles. The van der Waals surface area contributed by atoms with E-state index in [1.807, 2.05) is 23.6 Å². The third-order valence-electron chi connectivity index (χ3n) is 9.31. The number of fused-ring (bicyclic) bond motifs is 6. The molecule has 3 aromatic heterocycles. The molecule has 10 rings (SSSR count). The molecule has 3 heteroatoms. The molecule has 2 nitrogen and oxygen atoms in total. The van der Waals surface area contributed by atoms with Gasteiger partial charge in [0.1, 0.15) is 5.65 Å². The van der Waals surface area contributed by atoms with Crippen LogP contribution in [0.25, 0.3) is 87.2 Å². The highest BCUT2D eigenvalue weighted by Crippen LogP contribution is 2.44. The molecule has 42 heavy (non-hydrogen) atoms. The Hall–Kier alpha value is -4.99. The standard InChI is InChI=1S/C39H24N2S/c1-2-9-34-29(7-1)33-8-4-20-40-39(33)41(34)27-15-19-31-30-17-14-26(21-35(30)42-36(31)22-27)28-16-12-25-11-10-23-5-3-6-24-13-18-32(28)38(25)37(23)24/h1-14,16-18,20-22H,15,19H2. The van der Waals surface area contributed by atoms with Gasteiger partial charge in [-0.15, -0.1) is 11.3 Å². The Kier molecular flexibility index (Phi) is 4.47. The molecule has 3 heterocycles. The molecular formula is C39H24N2S. The zero-order valence-electron chi connectivity index (χ0n) is 22.8. The first kappa shape index (κ1) is 22.7. The highest BCUT2D eigenvalue weighted by molar-refractivity contribution is 7.20. The fraction of sp³-hybridized carbons (Fsp3) is 0.0513. The lowest BCUT2D eigenvalue weighted by Gasteiger charge is -2.17. The van der Waals surface area contributed by atoms with Crippen molar-refractivity contribution in [2.24, 2.45) is 0 Å². The van der Waals surface area contributed by atoms with Gasteiger partial charge in [0, 0.05) is 32.2 Å². The number of allylic oxidation sites excluding steroid dienone is 1. The number of aromatic nitrogens is 2. The molecule has 1 aliphatic rings. The zero-order valence-corrected chi connectivity index (χ0v) is 23.6. The van der Waals surface area contributed by atoms with Crippen LogP contribution in [0, 0.1) is 0 Å². The van der Waals surface area contributed by atoms with Gasteiger partial charge in [-0.05, 0) is 97.6 Å². The van der Waals surface area contributed by atoms with Crippen molar-refractivity contribution in [2.45, 2.75) is 12.8 Å². The molecule has 0 saturated carbocycles. The van der Waals surface area contributed by atoms with Crippen LogP contribution >= 0.6 is 11.3 Å². The summed E-state index contributed by atoms with van der Waals surface area (Å²) in [6.07, 6.45) is 6.37. The van der Waals surface area contributed by atoms with Crippen molar-refractivity contribution in [2.75, 3.05) is 0 Å². The predicted octanol–water partition coefficient (Wildman–Crippen LogP) is 10.9. The Balaban J connectivity index is 1.15. The smallest absolute Gasteiger partial charge is 0.145 e. The summed E-state index contributed by atoms with van der Waals surface area (Å²) >= 11 is 1.92. The third kappa shape index (κ3) is 3.01. The van der Waals surface area contributed by atoms with Gasteiger partial charge in [0.15, 0.2) is 0 Å². The van der Waals surface area contributed by atoms with Crippen LogP contribution in [-0.2, 0) is 6.42 Å². The largest absolute Gasteiger partial charge is 0.298 e. The number of thiophene rings is 1. The highest BCUT2D eigenvalue weighted by atomic mass is 32.1. The number of benzene rings is 6. The fourth-order valence-electron chi connectivity index (χ4n) is 7.44. The maximum atomic E-state index is 4.82. The number of rotatable bonds is 2. The molecule has 6 aromatic carbocycles. The Morgan fingerprint density at radius 1 is 0.619 bits per heavy atom. The van der Waals surface area contributed by atoms with E-state index in [-0.39, 0.29) is 0 Å². The topological polar surface area (TPSA) is 17.8 Å². The van der Waals surface area contributed by atoms with Gasteiger partial charge in [0.05, 0.1) is 5.52 Å². The minimum Gasteiger partial charge on any atom is -0.298 e. The van der Waals surface area contributed by atoms with Crippen LogP contribution in [0.2, 0.25) is 0 Å². The van der Waals surface area contributed by atoms with Crippen molar-refractivity contribution in [3.8, 4) is 11.1 Å². The van der Waals surface area contributed by atoms with Crippen molar-refractivity contribution < 1.29 is 0 Å². The molecule has 0 atom stereocenters. The average molecular weight is 553 g/mol. The Labute approximate surface area is 246 Å². The SMILES string of the molecule is C1=C(n2c3ccccc3c3cccnc32)CCc2c1sc1cc(-c3ccc4ccc5cccc6ccc3c4c56)ccc21. The van der Waals surface area contributed by atoms with Crippen LogP contribution in [0.3, 0.4) is 0 Å². The number of nitrogens with zero attached hydrogens (tertiary/aromatic N) is 2. The average Bonchev–Trinajstić information content (AvgIpc) is 3.58. The van der Waals surface area contributed by atoms with E-state index in [4.69, 9.17) is 4.98 Å². The number of hydrogen-bond donors (Lipinski definition) is 0. The molecule has 196 valence electrons. The summed E-state index contributed by atoms with van der Waals surface area (Å²) in [4.78, 5) is 6.19. The second-order valence-corrected chi connectivity index (χ2v) is 12.6. The van der Waals surface area contributed by atoms with Crippen LogP contribution in [-0.4, -0.2) is 9.55 Å². The van der Waals surface area contributed by atoms with Crippen LogP contribution in [0.15, 0.2) is 115 Å². The lowest BCUT2D eigenvalue weighted by molar-refractivity contribution is 0.955. The number of hydrogen-bond acceptors (Lipinski definition) is 2. The van der Waals surface area contributed by atoms with Gasteiger partial charge in [-0.2, -0.15) is 0 Å². The van der Waals surface area contributed by atoms with Gasteiger partial charge in [-0.25, -0.2) is 4.98 Å². The molecule has 0 N–H and O–H groups in total. The maximum absolute atomic E-state index is 4.82. The highest BCUT2D eigenvalue weighted by Gasteiger charge is 2.21. The molecule has 0 fully saturated rings. The first-order chi connectivity index (χ1) is 20.8.